The van der Waals surface area contributed by atoms with Gasteiger partial charge in [0.25, 0.3) is 0 Å². The molecule has 0 saturated heterocycles. The SMILES string of the molecule is Cc1ccc(NC(=O)Cn2nnc3ccccc32)cc1S(N)(=O)=O. The van der Waals surface area contributed by atoms with Crippen LogP contribution in [-0.2, 0) is 21.4 Å². The molecule has 0 aliphatic carbocycles. The zero-order chi connectivity index (χ0) is 17.3. The van der Waals surface area contributed by atoms with E-state index in [4.69, 9.17) is 5.14 Å². The van der Waals surface area contributed by atoms with Crippen LogP contribution in [0.3, 0.4) is 0 Å². The lowest BCUT2D eigenvalue weighted by molar-refractivity contribution is -0.116. The van der Waals surface area contributed by atoms with Gasteiger partial charge in [-0.2, -0.15) is 0 Å². The fourth-order valence-electron chi connectivity index (χ4n) is 2.36. The minimum absolute atomic E-state index is 0.0218. The predicted molar refractivity (Wildman–Crippen MR) is 88.7 cm³/mol. The zero-order valence-electron chi connectivity index (χ0n) is 12.8. The molecule has 0 aliphatic heterocycles. The molecule has 8 nitrogen and oxygen atoms in total. The van der Waals surface area contributed by atoms with Gasteiger partial charge in [0.2, 0.25) is 15.9 Å². The minimum atomic E-state index is -3.85. The van der Waals surface area contributed by atoms with Crippen molar-refractivity contribution >= 4 is 32.7 Å². The Morgan fingerprint density at radius 3 is 2.75 bits per heavy atom. The topological polar surface area (TPSA) is 120 Å². The van der Waals surface area contributed by atoms with E-state index in [1.165, 1.54) is 10.7 Å². The summed E-state index contributed by atoms with van der Waals surface area (Å²) in [6, 6.07) is 11.8. The van der Waals surface area contributed by atoms with E-state index < -0.39 is 10.0 Å². The van der Waals surface area contributed by atoms with E-state index >= 15 is 0 Å². The van der Waals surface area contributed by atoms with Crippen molar-refractivity contribution < 1.29 is 13.2 Å². The number of hydrogen-bond acceptors (Lipinski definition) is 5. The Hall–Kier alpha value is -2.78. The van der Waals surface area contributed by atoms with E-state index in [1.807, 2.05) is 18.2 Å². The van der Waals surface area contributed by atoms with E-state index in [2.05, 4.69) is 15.6 Å². The van der Waals surface area contributed by atoms with Crippen molar-refractivity contribution in [1.29, 1.82) is 0 Å². The number of rotatable bonds is 4. The number of carbonyl (C=O) groups excluding carboxylic acids is 1. The second-order valence-electron chi connectivity index (χ2n) is 5.31. The molecule has 3 N–H and O–H groups in total. The van der Waals surface area contributed by atoms with Crippen molar-refractivity contribution in [3.05, 3.63) is 48.0 Å². The first-order chi connectivity index (χ1) is 11.3. The molecule has 3 aromatic rings. The van der Waals surface area contributed by atoms with E-state index in [0.717, 1.165) is 5.52 Å². The fourth-order valence-corrected chi connectivity index (χ4v) is 3.16. The molecular weight excluding hydrogens is 330 g/mol. The number of aryl methyl sites for hydroxylation is 1. The summed E-state index contributed by atoms with van der Waals surface area (Å²) in [5.74, 6) is -0.352. The highest BCUT2D eigenvalue weighted by Gasteiger charge is 2.14. The number of aromatic nitrogens is 3. The van der Waals surface area contributed by atoms with Gasteiger partial charge in [-0.05, 0) is 36.8 Å². The maximum absolute atomic E-state index is 12.2. The summed E-state index contributed by atoms with van der Waals surface area (Å²) in [5, 5.41) is 15.7. The molecule has 124 valence electrons. The smallest absolute Gasteiger partial charge is 0.246 e. The van der Waals surface area contributed by atoms with Crippen LogP contribution in [0.5, 0.6) is 0 Å². The van der Waals surface area contributed by atoms with Gasteiger partial charge < -0.3 is 5.32 Å². The fraction of sp³-hybridized carbons (Fsp3) is 0.133. The lowest BCUT2D eigenvalue weighted by atomic mass is 10.2. The van der Waals surface area contributed by atoms with Crippen LogP contribution in [-0.4, -0.2) is 29.3 Å². The lowest BCUT2D eigenvalue weighted by Crippen LogP contribution is -2.20. The minimum Gasteiger partial charge on any atom is -0.324 e. The van der Waals surface area contributed by atoms with Gasteiger partial charge in [-0.3, -0.25) is 4.79 Å². The standard InChI is InChI=1S/C15H15N5O3S/c1-10-6-7-11(8-14(10)24(16,22)23)17-15(21)9-20-13-5-3-2-4-12(13)18-19-20/h2-8H,9H2,1H3,(H,17,21)(H2,16,22,23). The van der Waals surface area contributed by atoms with Gasteiger partial charge in [0.05, 0.1) is 10.4 Å². The number of para-hydroxylation sites is 1. The van der Waals surface area contributed by atoms with Crippen molar-refractivity contribution in [3.63, 3.8) is 0 Å². The number of carbonyl (C=O) groups is 1. The second-order valence-corrected chi connectivity index (χ2v) is 6.84. The summed E-state index contributed by atoms with van der Waals surface area (Å²) in [5.41, 5.74) is 2.29. The molecule has 0 bridgehead atoms. The highest BCUT2D eigenvalue weighted by atomic mass is 32.2. The van der Waals surface area contributed by atoms with Gasteiger partial charge >= 0.3 is 0 Å². The monoisotopic (exact) mass is 345 g/mol. The molecule has 0 spiro atoms. The molecular formula is C15H15N5O3S. The second kappa shape index (κ2) is 6.02. The Kier molecular flexibility index (Phi) is 4.04. The van der Waals surface area contributed by atoms with Crippen LogP contribution in [0, 0.1) is 6.92 Å². The Balaban J connectivity index is 1.80. The molecule has 0 radical (unpaired) electrons. The highest BCUT2D eigenvalue weighted by molar-refractivity contribution is 7.89. The third kappa shape index (κ3) is 3.26. The molecule has 0 unspecified atom stereocenters. The Morgan fingerprint density at radius 2 is 2.00 bits per heavy atom. The number of amides is 1. The maximum atomic E-state index is 12.2. The van der Waals surface area contributed by atoms with E-state index in [0.29, 0.717) is 16.8 Å². The third-order valence-electron chi connectivity index (χ3n) is 3.49. The van der Waals surface area contributed by atoms with Crippen LogP contribution in [0.2, 0.25) is 0 Å². The van der Waals surface area contributed by atoms with Gasteiger partial charge in [0.15, 0.2) is 0 Å². The van der Waals surface area contributed by atoms with Gasteiger partial charge in [0, 0.05) is 5.69 Å². The highest BCUT2D eigenvalue weighted by Crippen LogP contribution is 2.19. The summed E-state index contributed by atoms with van der Waals surface area (Å²) in [4.78, 5) is 12.2. The molecule has 1 heterocycles. The Morgan fingerprint density at radius 1 is 1.25 bits per heavy atom. The molecule has 0 fully saturated rings. The molecule has 24 heavy (non-hydrogen) atoms. The summed E-state index contributed by atoms with van der Waals surface area (Å²) in [7, 11) is -3.85. The van der Waals surface area contributed by atoms with Crippen molar-refractivity contribution in [3.8, 4) is 0 Å². The van der Waals surface area contributed by atoms with Crippen LogP contribution in [0.25, 0.3) is 11.0 Å². The number of nitrogens with one attached hydrogen (secondary N) is 1. The molecule has 9 heteroatoms. The summed E-state index contributed by atoms with van der Waals surface area (Å²) >= 11 is 0. The molecule has 0 saturated carbocycles. The number of anilines is 1. The molecule has 0 aliphatic rings. The third-order valence-corrected chi connectivity index (χ3v) is 4.54. The van der Waals surface area contributed by atoms with E-state index in [9.17, 15) is 13.2 Å². The van der Waals surface area contributed by atoms with Gasteiger partial charge in [-0.25, -0.2) is 18.2 Å². The molecule has 1 aromatic heterocycles. The first-order valence-electron chi connectivity index (χ1n) is 7.06. The average Bonchev–Trinajstić information content (AvgIpc) is 2.91. The largest absolute Gasteiger partial charge is 0.324 e. The van der Waals surface area contributed by atoms with Crippen LogP contribution in [0.4, 0.5) is 5.69 Å². The quantitative estimate of drug-likeness (QED) is 0.731. The van der Waals surface area contributed by atoms with Crippen LogP contribution in [0.15, 0.2) is 47.4 Å². The summed E-state index contributed by atoms with van der Waals surface area (Å²) in [6.45, 7) is 1.59. The molecule has 3 rings (SSSR count). The normalized spacial score (nSPS) is 11.6. The van der Waals surface area contributed by atoms with Gasteiger partial charge in [0.1, 0.15) is 12.1 Å². The van der Waals surface area contributed by atoms with Crippen LogP contribution in [0.1, 0.15) is 5.56 Å². The van der Waals surface area contributed by atoms with E-state index in [-0.39, 0.29) is 17.3 Å². The summed E-state index contributed by atoms with van der Waals surface area (Å²) < 4.78 is 24.5. The molecule has 2 aromatic carbocycles. The summed E-state index contributed by atoms with van der Waals surface area (Å²) in [6.07, 6.45) is 0. The van der Waals surface area contributed by atoms with Gasteiger partial charge in [-0.15, -0.1) is 5.10 Å². The van der Waals surface area contributed by atoms with Crippen molar-refractivity contribution in [2.45, 2.75) is 18.4 Å². The van der Waals surface area contributed by atoms with Crippen LogP contribution >= 0.6 is 0 Å². The van der Waals surface area contributed by atoms with E-state index in [1.54, 1.807) is 25.1 Å². The Labute approximate surface area is 138 Å². The van der Waals surface area contributed by atoms with Crippen molar-refractivity contribution in [2.75, 3.05) is 5.32 Å². The number of nitrogens with two attached hydrogens (primary N) is 1. The number of nitrogens with zero attached hydrogens (tertiary/aromatic N) is 3. The average molecular weight is 345 g/mol. The van der Waals surface area contributed by atoms with Gasteiger partial charge in [-0.1, -0.05) is 23.4 Å². The molecule has 0 atom stereocenters. The maximum Gasteiger partial charge on any atom is 0.246 e. The van der Waals surface area contributed by atoms with Crippen molar-refractivity contribution in [2.24, 2.45) is 5.14 Å². The predicted octanol–water partition coefficient (Wildman–Crippen LogP) is 1.03. The van der Waals surface area contributed by atoms with Crippen LogP contribution < -0.4 is 10.5 Å². The first-order valence-corrected chi connectivity index (χ1v) is 8.61. The number of benzene rings is 2. The number of sulfonamides is 1. The number of hydrogen-bond donors (Lipinski definition) is 2. The Bertz CT molecular complexity index is 1030. The number of primary sulfonamides is 1. The van der Waals surface area contributed by atoms with Crippen molar-refractivity contribution in [1.82, 2.24) is 15.0 Å². The first kappa shape index (κ1) is 16.1. The number of fused-ring (bicyclic) bond motifs is 1. The lowest BCUT2D eigenvalue weighted by Gasteiger charge is -2.09. The zero-order valence-corrected chi connectivity index (χ0v) is 13.6. The molecule has 1 amide bonds.